The maximum Gasteiger partial charge on any atom is 0.434 e. The molecule has 164 valence electrons. The molecule has 0 N–H and O–H groups in total. The van der Waals surface area contributed by atoms with Crippen LogP contribution in [0.5, 0.6) is 5.75 Å². The molecule has 0 radical (unpaired) electrons. The molecule has 1 aromatic carbocycles. The quantitative estimate of drug-likeness (QED) is 0.602. The SMILES string of the molecule is CC1COc2c(oc3cc(-c4nc(C(F)(F)F)cs4)ccc23)C(=O)N1CC(=O)N(C)C. The van der Waals surface area contributed by atoms with Gasteiger partial charge in [0.25, 0.3) is 5.91 Å². The van der Waals surface area contributed by atoms with Crippen molar-refractivity contribution in [3.63, 3.8) is 0 Å². The number of carbonyl (C=O) groups excluding carboxylic acids is 2. The second kappa shape index (κ2) is 7.56. The van der Waals surface area contributed by atoms with Gasteiger partial charge in [0.05, 0.1) is 11.4 Å². The van der Waals surface area contributed by atoms with E-state index in [0.29, 0.717) is 10.9 Å². The van der Waals surface area contributed by atoms with E-state index in [-0.39, 0.29) is 47.2 Å². The summed E-state index contributed by atoms with van der Waals surface area (Å²) in [6, 6.07) is 4.40. The number of rotatable bonds is 3. The summed E-state index contributed by atoms with van der Waals surface area (Å²) in [4.78, 5) is 31.7. The Morgan fingerprint density at radius 1 is 1.35 bits per heavy atom. The topological polar surface area (TPSA) is 75.9 Å². The Morgan fingerprint density at radius 3 is 2.74 bits per heavy atom. The first-order valence-corrected chi connectivity index (χ1v) is 10.2. The van der Waals surface area contributed by atoms with E-state index in [1.165, 1.54) is 15.9 Å². The molecule has 4 rings (SSSR count). The van der Waals surface area contributed by atoms with Crippen LogP contribution in [0.1, 0.15) is 23.2 Å². The molecule has 0 saturated heterocycles. The van der Waals surface area contributed by atoms with Crippen LogP contribution in [0.2, 0.25) is 0 Å². The van der Waals surface area contributed by atoms with E-state index in [4.69, 9.17) is 9.15 Å². The second-order valence-corrected chi connectivity index (χ2v) is 8.25. The minimum atomic E-state index is -4.52. The van der Waals surface area contributed by atoms with E-state index < -0.39 is 17.8 Å². The summed E-state index contributed by atoms with van der Waals surface area (Å²) in [5, 5.41) is 1.65. The first-order chi connectivity index (χ1) is 14.6. The predicted octanol–water partition coefficient (Wildman–Crippen LogP) is 3.89. The first kappa shape index (κ1) is 21.2. The third-order valence-corrected chi connectivity index (χ3v) is 5.84. The highest BCUT2D eigenvalue weighted by molar-refractivity contribution is 7.13. The van der Waals surface area contributed by atoms with Crippen LogP contribution in [-0.2, 0) is 11.0 Å². The molecule has 11 heteroatoms. The molecule has 1 atom stereocenters. The number of amides is 2. The van der Waals surface area contributed by atoms with Gasteiger partial charge in [0.1, 0.15) is 23.7 Å². The van der Waals surface area contributed by atoms with E-state index >= 15 is 0 Å². The summed E-state index contributed by atoms with van der Waals surface area (Å²) in [5.74, 6) is -0.515. The van der Waals surface area contributed by atoms with E-state index in [2.05, 4.69) is 4.98 Å². The van der Waals surface area contributed by atoms with Crippen LogP contribution in [0.3, 0.4) is 0 Å². The lowest BCUT2D eigenvalue weighted by Gasteiger charge is -2.26. The van der Waals surface area contributed by atoms with Crippen LogP contribution < -0.4 is 4.74 Å². The number of ether oxygens (including phenoxy) is 1. The Balaban J connectivity index is 1.71. The zero-order chi connectivity index (χ0) is 22.5. The summed E-state index contributed by atoms with van der Waals surface area (Å²) in [6.07, 6.45) is -4.52. The molecule has 0 saturated carbocycles. The largest absolute Gasteiger partial charge is 0.487 e. The van der Waals surface area contributed by atoms with Gasteiger partial charge in [-0.05, 0) is 19.1 Å². The Bertz CT molecular complexity index is 1170. The number of aromatic nitrogens is 1. The van der Waals surface area contributed by atoms with Crippen molar-refractivity contribution in [1.82, 2.24) is 14.8 Å². The molecular formula is C20H18F3N3O4S. The van der Waals surface area contributed by atoms with Crippen molar-refractivity contribution in [2.45, 2.75) is 19.1 Å². The maximum absolute atomic E-state index is 13.1. The van der Waals surface area contributed by atoms with Gasteiger partial charge in [-0.1, -0.05) is 6.07 Å². The number of fused-ring (bicyclic) bond motifs is 3. The molecule has 0 aliphatic carbocycles. The number of carbonyl (C=O) groups is 2. The zero-order valence-electron chi connectivity index (χ0n) is 16.8. The van der Waals surface area contributed by atoms with Crippen LogP contribution in [-0.4, -0.2) is 59.9 Å². The summed E-state index contributed by atoms with van der Waals surface area (Å²) in [6.45, 7) is 1.81. The molecule has 31 heavy (non-hydrogen) atoms. The molecule has 1 aliphatic rings. The van der Waals surface area contributed by atoms with Gasteiger partial charge in [0.15, 0.2) is 11.4 Å². The average Bonchev–Trinajstić information content (AvgIpc) is 3.31. The molecule has 7 nitrogen and oxygen atoms in total. The minimum Gasteiger partial charge on any atom is -0.487 e. The van der Waals surface area contributed by atoms with E-state index in [0.717, 1.165) is 16.7 Å². The van der Waals surface area contributed by atoms with Crippen LogP contribution >= 0.6 is 11.3 Å². The smallest absolute Gasteiger partial charge is 0.434 e. The second-order valence-electron chi connectivity index (χ2n) is 7.39. The van der Waals surface area contributed by atoms with Gasteiger partial charge >= 0.3 is 6.18 Å². The van der Waals surface area contributed by atoms with Crippen LogP contribution in [0.15, 0.2) is 28.0 Å². The fourth-order valence-electron chi connectivity index (χ4n) is 3.17. The number of furan rings is 1. The van der Waals surface area contributed by atoms with Crippen molar-refractivity contribution >= 4 is 34.1 Å². The van der Waals surface area contributed by atoms with Crippen molar-refractivity contribution in [3.05, 3.63) is 35.0 Å². The number of likely N-dealkylation sites (N-methyl/N-ethyl adjacent to an activating group) is 1. The fraction of sp³-hybridized carbons (Fsp3) is 0.350. The van der Waals surface area contributed by atoms with Gasteiger partial charge in [-0.25, -0.2) is 4.98 Å². The number of hydrogen-bond acceptors (Lipinski definition) is 6. The highest BCUT2D eigenvalue weighted by Gasteiger charge is 2.36. The molecule has 0 spiro atoms. The van der Waals surface area contributed by atoms with Crippen molar-refractivity contribution in [3.8, 4) is 16.3 Å². The number of benzene rings is 1. The van der Waals surface area contributed by atoms with Gasteiger partial charge in [0, 0.05) is 25.0 Å². The fourth-order valence-corrected chi connectivity index (χ4v) is 3.99. The lowest BCUT2D eigenvalue weighted by atomic mass is 10.1. The van der Waals surface area contributed by atoms with E-state index in [1.54, 1.807) is 33.2 Å². The standard InChI is InChI=1S/C20H18F3N3O4S/c1-10-8-29-16-12-5-4-11(18-24-14(9-31-18)20(21,22)23)6-13(12)30-17(16)19(28)26(10)7-15(27)25(2)3/h4-6,9-10H,7-8H2,1-3H3. The highest BCUT2D eigenvalue weighted by atomic mass is 32.1. The van der Waals surface area contributed by atoms with Crippen molar-refractivity contribution in [1.29, 1.82) is 0 Å². The number of halogens is 3. The van der Waals surface area contributed by atoms with Crippen molar-refractivity contribution < 1.29 is 31.9 Å². The Labute approximate surface area is 179 Å². The maximum atomic E-state index is 13.1. The van der Waals surface area contributed by atoms with Gasteiger partial charge in [-0.3, -0.25) is 9.59 Å². The molecular weight excluding hydrogens is 435 g/mol. The van der Waals surface area contributed by atoms with E-state index in [1.807, 2.05) is 0 Å². The zero-order valence-corrected chi connectivity index (χ0v) is 17.6. The molecule has 0 fully saturated rings. The predicted molar refractivity (Wildman–Crippen MR) is 107 cm³/mol. The number of thiazole rings is 1. The summed E-state index contributed by atoms with van der Waals surface area (Å²) < 4.78 is 50.1. The first-order valence-electron chi connectivity index (χ1n) is 9.30. The Morgan fingerprint density at radius 2 is 2.10 bits per heavy atom. The summed E-state index contributed by atoms with van der Waals surface area (Å²) in [7, 11) is 3.20. The highest BCUT2D eigenvalue weighted by Crippen LogP contribution is 2.39. The molecule has 0 bridgehead atoms. The summed E-state index contributed by atoms with van der Waals surface area (Å²) in [5.41, 5.74) is -0.248. The van der Waals surface area contributed by atoms with Crippen molar-refractivity contribution in [2.75, 3.05) is 27.2 Å². The molecule has 2 amide bonds. The third kappa shape index (κ3) is 3.85. The molecule has 3 heterocycles. The molecule has 1 aliphatic heterocycles. The van der Waals surface area contributed by atoms with E-state index in [9.17, 15) is 22.8 Å². The summed E-state index contributed by atoms with van der Waals surface area (Å²) >= 11 is 0.866. The van der Waals surface area contributed by atoms with Crippen LogP contribution in [0.25, 0.3) is 21.5 Å². The number of nitrogens with zero attached hydrogens (tertiary/aromatic N) is 3. The number of alkyl halides is 3. The number of hydrogen-bond donors (Lipinski definition) is 0. The average molecular weight is 453 g/mol. The monoisotopic (exact) mass is 453 g/mol. The molecule has 1 unspecified atom stereocenters. The normalized spacial score (nSPS) is 16.8. The van der Waals surface area contributed by atoms with Crippen LogP contribution in [0.4, 0.5) is 13.2 Å². The Hall–Kier alpha value is -3.08. The Kier molecular flexibility index (Phi) is 5.16. The van der Waals surface area contributed by atoms with Crippen LogP contribution in [0, 0.1) is 0 Å². The molecule has 3 aromatic rings. The van der Waals surface area contributed by atoms with Gasteiger partial charge in [-0.15, -0.1) is 11.3 Å². The lowest BCUT2D eigenvalue weighted by molar-refractivity contribution is -0.140. The van der Waals surface area contributed by atoms with Gasteiger partial charge < -0.3 is 19.0 Å². The van der Waals surface area contributed by atoms with Gasteiger partial charge in [-0.2, -0.15) is 13.2 Å². The molecule has 2 aromatic heterocycles. The van der Waals surface area contributed by atoms with Gasteiger partial charge in [0.2, 0.25) is 11.7 Å². The van der Waals surface area contributed by atoms with Crippen molar-refractivity contribution in [2.24, 2.45) is 0 Å². The third-order valence-electron chi connectivity index (χ3n) is 4.95. The lowest BCUT2D eigenvalue weighted by Crippen LogP contribution is -2.45. The minimum absolute atomic E-state index is 0.0434.